The highest BCUT2D eigenvalue weighted by molar-refractivity contribution is 5.29. The number of allylic oxidation sites excluding steroid dienone is 3. The number of hydrogen-bond acceptors (Lipinski definition) is 1. The maximum absolute atomic E-state index is 13.1. The first-order valence-corrected chi connectivity index (χ1v) is 5.05. The summed E-state index contributed by atoms with van der Waals surface area (Å²) in [6, 6.07) is 0. The molecule has 1 heterocycles. The monoisotopic (exact) mass is 181 g/mol. The van der Waals surface area contributed by atoms with Crippen LogP contribution in [0.1, 0.15) is 26.2 Å². The van der Waals surface area contributed by atoms with E-state index in [0.717, 1.165) is 18.7 Å². The third-order valence-electron chi connectivity index (χ3n) is 2.87. The van der Waals surface area contributed by atoms with Crippen molar-refractivity contribution in [2.24, 2.45) is 0 Å². The van der Waals surface area contributed by atoms with Gasteiger partial charge in [0.05, 0.1) is 0 Å². The van der Waals surface area contributed by atoms with E-state index in [9.17, 15) is 4.39 Å². The van der Waals surface area contributed by atoms with E-state index in [1.54, 1.807) is 0 Å². The molecule has 1 fully saturated rings. The molecule has 0 aromatic carbocycles. The van der Waals surface area contributed by atoms with E-state index < -0.39 is 6.17 Å². The van der Waals surface area contributed by atoms with Crippen LogP contribution in [0.2, 0.25) is 0 Å². The highest BCUT2D eigenvalue weighted by Gasteiger charge is 2.18. The van der Waals surface area contributed by atoms with Gasteiger partial charge in [0.15, 0.2) is 0 Å². The zero-order valence-electron chi connectivity index (χ0n) is 8.09. The molecule has 1 aliphatic heterocycles. The molecule has 0 saturated carbocycles. The van der Waals surface area contributed by atoms with Gasteiger partial charge < -0.3 is 4.90 Å². The van der Waals surface area contributed by atoms with Gasteiger partial charge in [0, 0.05) is 25.2 Å². The van der Waals surface area contributed by atoms with E-state index in [2.05, 4.69) is 4.90 Å². The van der Waals surface area contributed by atoms with Crippen molar-refractivity contribution in [1.29, 1.82) is 0 Å². The summed E-state index contributed by atoms with van der Waals surface area (Å²) in [5.74, 6) is 0. The van der Waals surface area contributed by atoms with Crippen LogP contribution in [-0.4, -0.2) is 24.2 Å². The van der Waals surface area contributed by atoms with E-state index >= 15 is 0 Å². The quantitative estimate of drug-likeness (QED) is 0.601. The molecule has 1 atom stereocenters. The minimum absolute atomic E-state index is 0.564. The Balaban J connectivity index is 2.08. The van der Waals surface area contributed by atoms with E-state index in [0.29, 0.717) is 6.42 Å². The number of alkyl halides is 1. The molecule has 72 valence electrons. The summed E-state index contributed by atoms with van der Waals surface area (Å²) in [6.07, 6.45) is 6.41. The summed E-state index contributed by atoms with van der Waals surface area (Å²) < 4.78 is 13.1. The molecule has 2 rings (SSSR count). The van der Waals surface area contributed by atoms with Gasteiger partial charge in [0.25, 0.3) is 0 Å². The molecule has 13 heavy (non-hydrogen) atoms. The zero-order valence-corrected chi connectivity index (χ0v) is 8.09. The lowest BCUT2D eigenvalue weighted by Gasteiger charge is -2.23. The average molecular weight is 181 g/mol. The molecule has 1 saturated heterocycles. The fraction of sp³-hybridized carbons (Fsp3) is 0.636. The van der Waals surface area contributed by atoms with E-state index in [1.165, 1.54) is 18.5 Å². The molecule has 1 nitrogen and oxygen atoms in total. The summed E-state index contributed by atoms with van der Waals surface area (Å²) >= 11 is 0. The number of hydrogen-bond donors (Lipinski definition) is 0. The first kappa shape index (κ1) is 8.79. The van der Waals surface area contributed by atoms with Crippen LogP contribution in [0.25, 0.3) is 0 Å². The molecular weight excluding hydrogens is 165 g/mol. The Hall–Kier alpha value is -0.790. The highest BCUT2D eigenvalue weighted by Crippen LogP contribution is 2.24. The normalized spacial score (nSPS) is 28.8. The van der Waals surface area contributed by atoms with Crippen LogP contribution in [0.15, 0.2) is 23.4 Å². The van der Waals surface area contributed by atoms with E-state index in [4.69, 9.17) is 0 Å². The van der Waals surface area contributed by atoms with Gasteiger partial charge in [-0.05, 0) is 31.4 Å². The highest BCUT2D eigenvalue weighted by atomic mass is 19.1. The SMILES string of the molecule is CC1=CC(N2CCCC2)=CCC1F. The topological polar surface area (TPSA) is 3.24 Å². The molecule has 0 spiro atoms. The van der Waals surface area contributed by atoms with E-state index in [-0.39, 0.29) is 0 Å². The largest absolute Gasteiger partial charge is 0.372 e. The summed E-state index contributed by atoms with van der Waals surface area (Å²) in [4.78, 5) is 2.36. The lowest BCUT2D eigenvalue weighted by atomic mass is 10.0. The predicted molar refractivity (Wildman–Crippen MR) is 52.2 cm³/mol. The van der Waals surface area contributed by atoms with Gasteiger partial charge >= 0.3 is 0 Å². The summed E-state index contributed by atoms with van der Waals surface area (Å²) in [5, 5.41) is 0. The maximum atomic E-state index is 13.1. The molecule has 0 radical (unpaired) electrons. The lowest BCUT2D eigenvalue weighted by molar-refractivity contribution is 0.367. The van der Waals surface area contributed by atoms with Gasteiger partial charge in [-0.3, -0.25) is 0 Å². The standard InChI is InChI=1S/C11H16FN/c1-9-8-10(4-5-11(9)12)13-6-2-3-7-13/h4,8,11H,2-3,5-7H2,1H3. The fourth-order valence-corrected chi connectivity index (χ4v) is 1.99. The third kappa shape index (κ3) is 1.77. The van der Waals surface area contributed by atoms with Gasteiger partial charge in [-0.15, -0.1) is 0 Å². The number of rotatable bonds is 1. The van der Waals surface area contributed by atoms with Crippen molar-refractivity contribution >= 4 is 0 Å². The Morgan fingerprint density at radius 3 is 2.69 bits per heavy atom. The van der Waals surface area contributed by atoms with Crippen molar-refractivity contribution in [3.05, 3.63) is 23.4 Å². The van der Waals surface area contributed by atoms with Gasteiger partial charge in [-0.2, -0.15) is 0 Å². The van der Waals surface area contributed by atoms with Crippen LogP contribution in [0.5, 0.6) is 0 Å². The first-order chi connectivity index (χ1) is 6.27. The second-order valence-corrected chi connectivity index (χ2v) is 3.91. The molecule has 0 amide bonds. The van der Waals surface area contributed by atoms with Gasteiger partial charge in [-0.25, -0.2) is 4.39 Å². The van der Waals surface area contributed by atoms with Gasteiger partial charge in [0.2, 0.25) is 0 Å². The Bertz CT molecular complexity index is 249. The van der Waals surface area contributed by atoms with Crippen LogP contribution in [0.3, 0.4) is 0 Å². The first-order valence-electron chi connectivity index (χ1n) is 5.05. The van der Waals surface area contributed by atoms with Crippen molar-refractivity contribution in [2.45, 2.75) is 32.4 Å². The minimum Gasteiger partial charge on any atom is -0.372 e. The average Bonchev–Trinajstić information content (AvgIpc) is 2.62. The fourth-order valence-electron chi connectivity index (χ4n) is 1.99. The Morgan fingerprint density at radius 2 is 2.08 bits per heavy atom. The summed E-state index contributed by atoms with van der Waals surface area (Å²) in [7, 11) is 0. The number of likely N-dealkylation sites (tertiary alicyclic amines) is 1. The minimum atomic E-state index is -0.744. The predicted octanol–water partition coefficient (Wildman–Crippen LogP) is 2.65. The van der Waals surface area contributed by atoms with Crippen molar-refractivity contribution in [3.63, 3.8) is 0 Å². The summed E-state index contributed by atoms with van der Waals surface area (Å²) in [6.45, 7) is 4.17. The second kappa shape index (κ2) is 3.52. The lowest BCUT2D eigenvalue weighted by Crippen LogP contribution is -2.20. The molecule has 1 aliphatic carbocycles. The van der Waals surface area contributed by atoms with Crippen LogP contribution in [0.4, 0.5) is 4.39 Å². The van der Waals surface area contributed by atoms with Crippen LogP contribution in [0, 0.1) is 0 Å². The second-order valence-electron chi connectivity index (χ2n) is 3.91. The van der Waals surface area contributed by atoms with Crippen molar-refractivity contribution in [1.82, 2.24) is 4.90 Å². The van der Waals surface area contributed by atoms with Crippen molar-refractivity contribution < 1.29 is 4.39 Å². The molecule has 2 aliphatic rings. The molecule has 2 heteroatoms. The Labute approximate surface area is 78.9 Å². The number of nitrogens with zero attached hydrogens (tertiary/aromatic N) is 1. The molecule has 0 bridgehead atoms. The Kier molecular flexibility index (Phi) is 2.38. The molecule has 0 aromatic rings. The molecular formula is C11H16FN. The number of halogens is 1. The van der Waals surface area contributed by atoms with Crippen molar-refractivity contribution in [2.75, 3.05) is 13.1 Å². The molecule has 0 N–H and O–H groups in total. The molecule has 1 unspecified atom stereocenters. The van der Waals surface area contributed by atoms with Crippen LogP contribution >= 0.6 is 0 Å². The molecule has 0 aromatic heterocycles. The van der Waals surface area contributed by atoms with E-state index in [1.807, 2.05) is 19.1 Å². The van der Waals surface area contributed by atoms with Crippen molar-refractivity contribution in [3.8, 4) is 0 Å². The van der Waals surface area contributed by atoms with Gasteiger partial charge in [0.1, 0.15) is 6.17 Å². The van der Waals surface area contributed by atoms with Gasteiger partial charge in [-0.1, -0.05) is 6.08 Å². The van der Waals surface area contributed by atoms with Crippen LogP contribution in [-0.2, 0) is 0 Å². The van der Waals surface area contributed by atoms with Crippen LogP contribution < -0.4 is 0 Å². The summed E-state index contributed by atoms with van der Waals surface area (Å²) in [5.41, 5.74) is 2.12. The third-order valence-corrected chi connectivity index (χ3v) is 2.87. The zero-order chi connectivity index (χ0) is 9.26. The Morgan fingerprint density at radius 1 is 1.38 bits per heavy atom. The smallest absolute Gasteiger partial charge is 0.125 e. The maximum Gasteiger partial charge on any atom is 0.125 e.